The molecule has 3 rings (SSSR count). The van der Waals surface area contributed by atoms with Gasteiger partial charge in [-0.05, 0) is 60.4 Å². The van der Waals surface area contributed by atoms with Crippen molar-refractivity contribution < 1.29 is 22.4 Å². The van der Waals surface area contributed by atoms with E-state index in [4.69, 9.17) is 23.2 Å². The molecular weight excluding hydrogens is 576 g/mol. The van der Waals surface area contributed by atoms with Crippen molar-refractivity contribution in [2.45, 2.75) is 44.7 Å². The molecule has 0 bridgehead atoms. The van der Waals surface area contributed by atoms with Gasteiger partial charge < -0.3 is 10.2 Å². The van der Waals surface area contributed by atoms with E-state index in [0.29, 0.717) is 12.1 Å². The summed E-state index contributed by atoms with van der Waals surface area (Å²) in [6.07, 6.45) is 0.269. The summed E-state index contributed by atoms with van der Waals surface area (Å²) in [6.45, 7) is 5.39. The third kappa shape index (κ3) is 8.19. The molecule has 2 amide bonds. The molecule has 0 unspecified atom stereocenters. The van der Waals surface area contributed by atoms with Crippen LogP contribution in [0.25, 0.3) is 0 Å². The Hall–Kier alpha value is -3.14. The standard InChI is InChI=1S/C29H32Cl2FN3O4S/c1-4-27(29(37)33-17-20(2)3)34(18-21-10-12-24(32)13-11-21)28(36)19-35(25-15-22(30)14-23(31)16-25)40(38,39)26-8-6-5-7-9-26/h5-16,20,27H,4,17-19H2,1-3H3,(H,33,37)/t27-/m1/s1. The minimum Gasteiger partial charge on any atom is -0.354 e. The number of hydrogen-bond acceptors (Lipinski definition) is 4. The number of halogens is 3. The first kappa shape index (κ1) is 31.4. The molecule has 0 heterocycles. The van der Waals surface area contributed by atoms with Crippen LogP contribution < -0.4 is 9.62 Å². The van der Waals surface area contributed by atoms with Crippen LogP contribution in [0.3, 0.4) is 0 Å². The van der Waals surface area contributed by atoms with E-state index in [1.165, 1.54) is 59.5 Å². The van der Waals surface area contributed by atoms with Crippen molar-refractivity contribution in [1.82, 2.24) is 10.2 Å². The number of anilines is 1. The SMILES string of the molecule is CC[C@H](C(=O)NCC(C)C)N(Cc1ccc(F)cc1)C(=O)CN(c1cc(Cl)cc(Cl)c1)S(=O)(=O)c1ccccc1. The van der Waals surface area contributed by atoms with Crippen molar-refractivity contribution in [1.29, 1.82) is 0 Å². The Morgan fingerprint density at radius 1 is 0.950 bits per heavy atom. The summed E-state index contributed by atoms with van der Waals surface area (Å²) in [4.78, 5) is 28.5. The Morgan fingerprint density at radius 3 is 2.10 bits per heavy atom. The predicted molar refractivity (Wildman–Crippen MR) is 156 cm³/mol. The van der Waals surface area contributed by atoms with Crippen molar-refractivity contribution in [2.24, 2.45) is 5.92 Å². The smallest absolute Gasteiger partial charge is 0.264 e. The number of carbonyl (C=O) groups is 2. The lowest BCUT2D eigenvalue weighted by atomic mass is 10.1. The van der Waals surface area contributed by atoms with Crippen LogP contribution >= 0.6 is 23.2 Å². The minimum absolute atomic E-state index is 0.0364. The first-order valence-corrected chi connectivity index (χ1v) is 15.0. The Bertz CT molecular complexity index is 1400. The average molecular weight is 609 g/mol. The highest BCUT2D eigenvalue weighted by atomic mass is 35.5. The van der Waals surface area contributed by atoms with E-state index in [0.717, 1.165) is 4.31 Å². The summed E-state index contributed by atoms with van der Waals surface area (Å²) in [6, 6.07) is 16.6. The van der Waals surface area contributed by atoms with Gasteiger partial charge in [-0.25, -0.2) is 12.8 Å². The summed E-state index contributed by atoms with van der Waals surface area (Å²) >= 11 is 12.4. The summed E-state index contributed by atoms with van der Waals surface area (Å²) < 4.78 is 42.1. The number of sulfonamides is 1. The van der Waals surface area contributed by atoms with Crippen LogP contribution in [0.2, 0.25) is 10.0 Å². The highest BCUT2D eigenvalue weighted by Gasteiger charge is 2.34. The maximum absolute atomic E-state index is 14.0. The van der Waals surface area contributed by atoms with Gasteiger partial charge in [0.25, 0.3) is 10.0 Å². The summed E-state index contributed by atoms with van der Waals surface area (Å²) in [7, 11) is -4.25. The number of nitrogens with zero attached hydrogens (tertiary/aromatic N) is 2. The zero-order chi connectivity index (χ0) is 29.4. The molecule has 3 aromatic rings. The lowest BCUT2D eigenvalue weighted by Crippen LogP contribution is -2.52. The van der Waals surface area contributed by atoms with Gasteiger partial charge in [-0.1, -0.05) is 74.3 Å². The van der Waals surface area contributed by atoms with Gasteiger partial charge in [0, 0.05) is 23.1 Å². The van der Waals surface area contributed by atoms with Gasteiger partial charge >= 0.3 is 0 Å². The minimum atomic E-state index is -4.25. The average Bonchev–Trinajstić information content (AvgIpc) is 2.91. The first-order valence-electron chi connectivity index (χ1n) is 12.8. The first-order chi connectivity index (χ1) is 18.9. The molecule has 0 aromatic heterocycles. The Labute approximate surface area is 244 Å². The van der Waals surface area contributed by atoms with Crippen LogP contribution in [0.1, 0.15) is 32.8 Å². The van der Waals surface area contributed by atoms with Gasteiger partial charge in [0.15, 0.2) is 0 Å². The van der Waals surface area contributed by atoms with Crippen molar-refractivity contribution in [3.05, 3.63) is 94.2 Å². The molecule has 1 N–H and O–H groups in total. The fraction of sp³-hybridized carbons (Fsp3) is 0.310. The van der Waals surface area contributed by atoms with Crippen LogP contribution in [-0.2, 0) is 26.2 Å². The number of carbonyl (C=O) groups excluding carboxylic acids is 2. The topological polar surface area (TPSA) is 86.8 Å². The Balaban J connectivity index is 2.06. The molecule has 214 valence electrons. The lowest BCUT2D eigenvalue weighted by Gasteiger charge is -2.33. The lowest BCUT2D eigenvalue weighted by molar-refractivity contribution is -0.140. The molecule has 40 heavy (non-hydrogen) atoms. The molecule has 3 aromatic carbocycles. The molecule has 0 fully saturated rings. The second-order valence-electron chi connectivity index (χ2n) is 9.66. The van der Waals surface area contributed by atoms with Crippen LogP contribution in [0, 0.1) is 11.7 Å². The van der Waals surface area contributed by atoms with E-state index in [-0.39, 0.29) is 45.4 Å². The Morgan fingerprint density at radius 2 is 1.55 bits per heavy atom. The van der Waals surface area contributed by atoms with Gasteiger partial charge in [0.05, 0.1) is 10.6 Å². The summed E-state index contributed by atoms with van der Waals surface area (Å²) in [5.74, 6) is -1.26. The van der Waals surface area contributed by atoms with E-state index in [2.05, 4.69) is 5.32 Å². The highest BCUT2D eigenvalue weighted by Crippen LogP contribution is 2.30. The molecule has 1 atom stereocenters. The van der Waals surface area contributed by atoms with E-state index < -0.39 is 34.3 Å². The molecule has 0 aliphatic heterocycles. The van der Waals surface area contributed by atoms with E-state index >= 15 is 0 Å². The molecule has 0 saturated carbocycles. The van der Waals surface area contributed by atoms with Gasteiger partial charge in [0.1, 0.15) is 18.4 Å². The Kier molecular flexibility index (Phi) is 11.0. The highest BCUT2D eigenvalue weighted by molar-refractivity contribution is 7.92. The van der Waals surface area contributed by atoms with Gasteiger partial charge in [-0.2, -0.15) is 0 Å². The maximum Gasteiger partial charge on any atom is 0.264 e. The van der Waals surface area contributed by atoms with Gasteiger partial charge in [0.2, 0.25) is 11.8 Å². The monoisotopic (exact) mass is 607 g/mol. The van der Waals surface area contributed by atoms with Crippen molar-refractivity contribution in [3.63, 3.8) is 0 Å². The van der Waals surface area contributed by atoms with Crippen molar-refractivity contribution >= 4 is 50.7 Å². The molecular formula is C29H32Cl2FN3O4S. The molecule has 11 heteroatoms. The van der Waals surface area contributed by atoms with Crippen LogP contribution in [0.15, 0.2) is 77.7 Å². The fourth-order valence-electron chi connectivity index (χ4n) is 4.06. The molecule has 0 aliphatic rings. The molecule has 0 aliphatic carbocycles. The third-order valence-electron chi connectivity index (χ3n) is 6.08. The second kappa shape index (κ2) is 14.0. The largest absolute Gasteiger partial charge is 0.354 e. The van der Waals surface area contributed by atoms with E-state index in [1.807, 2.05) is 13.8 Å². The fourth-order valence-corrected chi connectivity index (χ4v) is 5.99. The second-order valence-corrected chi connectivity index (χ2v) is 12.4. The zero-order valence-corrected chi connectivity index (χ0v) is 24.8. The number of amides is 2. The number of rotatable bonds is 12. The van der Waals surface area contributed by atoms with Crippen molar-refractivity contribution in [2.75, 3.05) is 17.4 Å². The predicted octanol–water partition coefficient (Wildman–Crippen LogP) is 5.91. The number of nitrogens with one attached hydrogen (secondary N) is 1. The van der Waals surface area contributed by atoms with Crippen LogP contribution in [-0.4, -0.2) is 44.3 Å². The number of benzene rings is 3. The van der Waals surface area contributed by atoms with Crippen LogP contribution in [0.5, 0.6) is 0 Å². The van der Waals surface area contributed by atoms with Crippen molar-refractivity contribution in [3.8, 4) is 0 Å². The zero-order valence-electron chi connectivity index (χ0n) is 22.5. The van der Waals surface area contributed by atoms with Gasteiger partial charge in [-0.15, -0.1) is 0 Å². The summed E-state index contributed by atoms with van der Waals surface area (Å²) in [5, 5.41) is 3.23. The maximum atomic E-state index is 14.0. The van der Waals surface area contributed by atoms with Gasteiger partial charge in [-0.3, -0.25) is 13.9 Å². The quantitative estimate of drug-likeness (QED) is 0.277. The summed E-state index contributed by atoms with van der Waals surface area (Å²) in [5.41, 5.74) is 0.668. The number of hydrogen-bond donors (Lipinski definition) is 1. The molecule has 7 nitrogen and oxygen atoms in total. The molecule has 0 radical (unpaired) electrons. The molecule has 0 saturated heterocycles. The molecule has 0 spiro atoms. The van der Waals surface area contributed by atoms with E-state index in [9.17, 15) is 22.4 Å². The normalized spacial score (nSPS) is 12.2. The third-order valence-corrected chi connectivity index (χ3v) is 8.31. The van der Waals surface area contributed by atoms with Crippen LogP contribution in [0.4, 0.5) is 10.1 Å². The van der Waals surface area contributed by atoms with E-state index in [1.54, 1.807) is 25.1 Å².